The molecule has 5 nitrogen and oxygen atoms in total. The Morgan fingerprint density at radius 3 is 2.78 bits per heavy atom. The van der Waals surface area contributed by atoms with Gasteiger partial charge >= 0.3 is 5.97 Å². The first-order valence-corrected chi connectivity index (χ1v) is 6.66. The fourth-order valence-electron chi connectivity index (χ4n) is 2.11. The zero-order valence-electron chi connectivity index (χ0n) is 11.5. The maximum atomic E-state index is 11.2. The van der Waals surface area contributed by atoms with Crippen molar-refractivity contribution in [2.24, 2.45) is 0 Å². The van der Waals surface area contributed by atoms with Crippen LogP contribution in [-0.4, -0.2) is 64.0 Å². The van der Waals surface area contributed by atoms with E-state index in [0.717, 1.165) is 32.5 Å². The van der Waals surface area contributed by atoms with Gasteiger partial charge in [0.1, 0.15) is 0 Å². The lowest BCUT2D eigenvalue weighted by atomic mass is 10.1. The molecule has 0 spiro atoms. The topological polar surface area (TPSA) is 48.0 Å². The van der Waals surface area contributed by atoms with E-state index in [4.69, 9.17) is 9.47 Å². The Hall–Kier alpha value is -0.650. The number of nitrogens with zero attached hydrogens (tertiary/aromatic N) is 1. The van der Waals surface area contributed by atoms with Crippen molar-refractivity contribution in [1.29, 1.82) is 0 Å². The lowest BCUT2D eigenvalue weighted by Gasteiger charge is -2.29. The number of ether oxygens (including phenoxy) is 3. The molecule has 1 aliphatic heterocycles. The highest BCUT2D eigenvalue weighted by molar-refractivity contribution is 5.69. The number of carbonyl (C=O) groups is 1. The molecule has 1 heterocycles. The van der Waals surface area contributed by atoms with Gasteiger partial charge in [-0.3, -0.25) is 9.69 Å². The minimum atomic E-state index is -0.165. The molecule has 0 amide bonds. The van der Waals surface area contributed by atoms with Gasteiger partial charge in [0.05, 0.1) is 26.2 Å². The summed E-state index contributed by atoms with van der Waals surface area (Å²) in [7, 11) is 3.11. The van der Waals surface area contributed by atoms with Gasteiger partial charge in [0.15, 0.2) is 0 Å². The average molecular weight is 259 g/mol. The van der Waals surface area contributed by atoms with E-state index < -0.39 is 0 Å². The lowest BCUT2D eigenvalue weighted by molar-refractivity contribution is -0.141. The third-order valence-corrected chi connectivity index (χ3v) is 3.21. The Balaban J connectivity index is 2.30. The van der Waals surface area contributed by atoms with E-state index >= 15 is 0 Å². The first-order valence-electron chi connectivity index (χ1n) is 6.66. The smallest absolute Gasteiger partial charge is 0.306 e. The molecule has 1 aliphatic rings. The third-order valence-electron chi connectivity index (χ3n) is 3.21. The molecule has 0 bridgehead atoms. The van der Waals surface area contributed by atoms with E-state index in [9.17, 15) is 4.79 Å². The quantitative estimate of drug-likeness (QED) is 0.610. The average Bonchev–Trinajstić information content (AvgIpc) is 2.42. The van der Waals surface area contributed by atoms with Crippen LogP contribution in [0.2, 0.25) is 0 Å². The van der Waals surface area contributed by atoms with E-state index in [-0.39, 0.29) is 5.97 Å². The number of carbonyl (C=O) groups excluding carboxylic acids is 1. The molecular weight excluding hydrogens is 234 g/mol. The molecule has 0 saturated carbocycles. The van der Waals surface area contributed by atoms with Crippen LogP contribution in [0.15, 0.2) is 0 Å². The molecule has 1 fully saturated rings. The second-order valence-electron chi connectivity index (χ2n) is 4.61. The molecular formula is C13H25NO4. The van der Waals surface area contributed by atoms with Gasteiger partial charge in [-0.05, 0) is 19.3 Å². The molecule has 1 unspecified atom stereocenters. The maximum Gasteiger partial charge on any atom is 0.306 e. The van der Waals surface area contributed by atoms with Gasteiger partial charge < -0.3 is 14.2 Å². The van der Waals surface area contributed by atoms with Crippen LogP contribution in [0.5, 0.6) is 0 Å². The van der Waals surface area contributed by atoms with Crippen molar-refractivity contribution < 1.29 is 19.0 Å². The fourth-order valence-corrected chi connectivity index (χ4v) is 2.11. The number of rotatable bonds is 8. The Morgan fingerprint density at radius 2 is 2.17 bits per heavy atom. The first kappa shape index (κ1) is 15.4. The predicted octanol–water partition coefficient (Wildman–Crippen LogP) is 1.07. The summed E-state index contributed by atoms with van der Waals surface area (Å²) >= 11 is 0. The Kier molecular flexibility index (Phi) is 7.96. The third kappa shape index (κ3) is 6.33. The molecule has 106 valence electrons. The molecule has 5 heteroatoms. The van der Waals surface area contributed by atoms with Gasteiger partial charge in [0.25, 0.3) is 0 Å². The summed E-state index contributed by atoms with van der Waals surface area (Å²) in [5.74, 6) is -0.165. The number of hydrogen-bond acceptors (Lipinski definition) is 5. The molecule has 0 aromatic rings. The maximum absolute atomic E-state index is 11.2. The van der Waals surface area contributed by atoms with Crippen molar-refractivity contribution >= 4 is 5.97 Å². The number of esters is 1. The van der Waals surface area contributed by atoms with Crippen LogP contribution in [0.3, 0.4) is 0 Å². The van der Waals surface area contributed by atoms with Gasteiger partial charge in [0, 0.05) is 33.4 Å². The Labute approximate surface area is 109 Å². The zero-order chi connectivity index (χ0) is 13.2. The van der Waals surface area contributed by atoms with Crippen LogP contribution >= 0.6 is 0 Å². The summed E-state index contributed by atoms with van der Waals surface area (Å²) in [6.45, 7) is 3.94. The SMILES string of the molecule is COCCN(CCC(=O)OC)CC1CCCCO1. The lowest BCUT2D eigenvalue weighted by Crippen LogP contribution is -2.38. The van der Waals surface area contributed by atoms with Crippen molar-refractivity contribution in [3.63, 3.8) is 0 Å². The van der Waals surface area contributed by atoms with Gasteiger partial charge in [0.2, 0.25) is 0 Å². The molecule has 1 saturated heterocycles. The normalized spacial score (nSPS) is 20.1. The highest BCUT2D eigenvalue weighted by Crippen LogP contribution is 2.14. The summed E-state index contributed by atoms with van der Waals surface area (Å²) in [6, 6.07) is 0. The summed E-state index contributed by atoms with van der Waals surface area (Å²) in [4.78, 5) is 13.4. The van der Waals surface area contributed by atoms with E-state index in [1.807, 2.05) is 0 Å². The van der Waals surface area contributed by atoms with E-state index in [1.165, 1.54) is 13.5 Å². The second kappa shape index (κ2) is 9.30. The molecule has 0 aromatic heterocycles. The van der Waals surface area contributed by atoms with Gasteiger partial charge in [-0.15, -0.1) is 0 Å². The van der Waals surface area contributed by atoms with Gasteiger partial charge in [-0.1, -0.05) is 0 Å². The van der Waals surface area contributed by atoms with Crippen LogP contribution in [0.25, 0.3) is 0 Å². The summed E-state index contributed by atoms with van der Waals surface area (Å²) < 4.78 is 15.5. The standard InChI is InChI=1S/C13H25NO4/c1-16-10-8-14(7-6-13(15)17-2)11-12-5-3-4-9-18-12/h12H,3-11H2,1-2H3. The molecule has 1 rings (SSSR count). The predicted molar refractivity (Wildman–Crippen MR) is 68.5 cm³/mol. The molecule has 0 aromatic carbocycles. The highest BCUT2D eigenvalue weighted by atomic mass is 16.5. The molecule has 0 N–H and O–H groups in total. The zero-order valence-corrected chi connectivity index (χ0v) is 11.5. The summed E-state index contributed by atoms with van der Waals surface area (Å²) in [6.07, 6.45) is 4.23. The number of hydrogen-bond donors (Lipinski definition) is 0. The van der Waals surface area contributed by atoms with Crippen LogP contribution in [-0.2, 0) is 19.0 Å². The minimum absolute atomic E-state index is 0.165. The Bertz CT molecular complexity index is 229. The molecule has 1 atom stereocenters. The van der Waals surface area contributed by atoms with Gasteiger partial charge in [-0.25, -0.2) is 0 Å². The molecule has 0 radical (unpaired) electrons. The monoisotopic (exact) mass is 259 g/mol. The first-order chi connectivity index (χ1) is 8.76. The van der Waals surface area contributed by atoms with Crippen molar-refractivity contribution in [3.8, 4) is 0 Å². The Morgan fingerprint density at radius 1 is 1.33 bits per heavy atom. The minimum Gasteiger partial charge on any atom is -0.469 e. The largest absolute Gasteiger partial charge is 0.469 e. The van der Waals surface area contributed by atoms with Crippen molar-refractivity contribution in [2.75, 3.05) is 47.1 Å². The van der Waals surface area contributed by atoms with Crippen LogP contribution in [0.1, 0.15) is 25.7 Å². The molecule has 18 heavy (non-hydrogen) atoms. The second-order valence-corrected chi connectivity index (χ2v) is 4.61. The van der Waals surface area contributed by atoms with E-state index in [1.54, 1.807) is 7.11 Å². The number of methoxy groups -OCH3 is 2. The van der Waals surface area contributed by atoms with Gasteiger partial charge in [-0.2, -0.15) is 0 Å². The van der Waals surface area contributed by atoms with Crippen molar-refractivity contribution in [3.05, 3.63) is 0 Å². The highest BCUT2D eigenvalue weighted by Gasteiger charge is 2.18. The van der Waals surface area contributed by atoms with Crippen LogP contribution < -0.4 is 0 Å². The van der Waals surface area contributed by atoms with Crippen LogP contribution in [0.4, 0.5) is 0 Å². The summed E-state index contributed by atoms with van der Waals surface area (Å²) in [5, 5.41) is 0. The molecule has 0 aliphatic carbocycles. The van der Waals surface area contributed by atoms with Crippen molar-refractivity contribution in [2.45, 2.75) is 31.8 Å². The fraction of sp³-hybridized carbons (Fsp3) is 0.923. The van der Waals surface area contributed by atoms with E-state index in [0.29, 0.717) is 25.7 Å². The van der Waals surface area contributed by atoms with Crippen LogP contribution in [0, 0.1) is 0 Å². The van der Waals surface area contributed by atoms with E-state index in [2.05, 4.69) is 9.64 Å². The summed E-state index contributed by atoms with van der Waals surface area (Å²) in [5.41, 5.74) is 0. The van der Waals surface area contributed by atoms with Crippen molar-refractivity contribution in [1.82, 2.24) is 4.90 Å².